The van der Waals surface area contributed by atoms with Crippen LogP contribution in [0.1, 0.15) is 45.6 Å². The van der Waals surface area contributed by atoms with Gasteiger partial charge in [0.25, 0.3) is 0 Å². The van der Waals surface area contributed by atoms with Crippen LogP contribution in [0.4, 0.5) is 4.79 Å². The Kier molecular flexibility index (Phi) is 7.48. The molecular weight excluding hydrogens is 508 g/mol. The van der Waals surface area contributed by atoms with Crippen molar-refractivity contribution in [2.45, 2.75) is 70.2 Å². The van der Waals surface area contributed by atoms with Crippen LogP contribution in [0, 0.1) is 17.2 Å². The second-order valence-electron chi connectivity index (χ2n) is 11.4. The highest BCUT2D eigenvalue weighted by Gasteiger charge is 2.52. The van der Waals surface area contributed by atoms with Crippen LogP contribution >= 0.6 is 0 Å². The van der Waals surface area contributed by atoms with E-state index in [-0.39, 0.29) is 17.9 Å². The van der Waals surface area contributed by atoms with E-state index in [2.05, 4.69) is 21.7 Å². The Morgan fingerprint density at radius 1 is 1.12 bits per heavy atom. The second kappa shape index (κ2) is 11.0. The van der Waals surface area contributed by atoms with E-state index < -0.39 is 23.8 Å². The first-order valence-corrected chi connectivity index (χ1v) is 13.5. The summed E-state index contributed by atoms with van der Waals surface area (Å²) in [5, 5.41) is 21.2. The number of carbonyl (C=O) groups is 2. The van der Waals surface area contributed by atoms with Crippen molar-refractivity contribution >= 4 is 12.0 Å². The molecule has 1 aliphatic heterocycles. The summed E-state index contributed by atoms with van der Waals surface area (Å²) in [6, 6.07) is 16.1. The van der Waals surface area contributed by atoms with Gasteiger partial charge < -0.3 is 14.8 Å². The number of amides is 2. The average molecular weight is 543 g/mol. The first-order valence-electron chi connectivity index (χ1n) is 13.5. The predicted octanol–water partition coefficient (Wildman–Crippen LogP) is 4.28. The van der Waals surface area contributed by atoms with E-state index in [1.807, 2.05) is 75.5 Å². The van der Waals surface area contributed by atoms with Crippen LogP contribution in [0.25, 0.3) is 16.9 Å². The normalized spacial score (nSPS) is 20.6. The number of ether oxygens (including phenoxy) is 2. The molecule has 0 radical (unpaired) electrons. The maximum atomic E-state index is 13.3. The van der Waals surface area contributed by atoms with E-state index in [1.165, 1.54) is 0 Å². The zero-order chi connectivity index (χ0) is 28.4. The molecule has 1 aromatic heterocycles. The highest BCUT2D eigenvalue weighted by Crippen LogP contribution is 2.43. The summed E-state index contributed by atoms with van der Waals surface area (Å²) in [5.41, 5.74) is 2.73. The summed E-state index contributed by atoms with van der Waals surface area (Å²) in [5.74, 6) is 0.561. The van der Waals surface area contributed by atoms with Gasteiger partial charge in [0.1, 0.15) is 29.1 Å². The van der Waals surface area contributed by atoms with Crippen LogP contribution in [-0.2, 0) is 16.0 Å². The number of piperidine rings is 1. The van der Waals surface area contributed by atoms with Gasteiger partial charge in [0.2, 0.25) is 5.91 Å². The van der Waals surface area contributed by atoms with Crippen molar-refractivity contribution in [3.63, 3.8) is 0 Å². The maximum Gasteiger partial charge on any atom is 0.411 e. The standard InChI is InChI=1S/C30H34N6O4/c1-30(2,3)40-29(38)36-24-12-7-21(16-24)27(36)28(37)32-22(17-31)15-19-5-10-23(11-6-19)35-18-26(33-34-35)20-8-13-25(39-4)14-9-20/h5-6,8-11,13-14,18,21-22,24,27H,7,12,15-16H2,1-4H3,(H,32,37). The smallest absolute Gasteiger partial charge is 0.411 e. The number of nitrogens with zero attached hydrogens (tertiary/aromatic N) is 5. The van der Waals surface area contributed by atoms with Crippen LogP contribution in [0.3, 0.4) is 0 Å². The van der Waals surface area contributed by atoms with Crippen molar-refractivity contribution < 1.29 is 19.1 Å². The molecule has 5 rings (SSSR count). The van der Waals surface area contributed by atoms with Crippen LogP contribution < -0.4 is 10.1 Å². The number of aromatic nitrogens is 3. The van der Waals surface area contributed by atoms with Gasteiger partial charge in [0, 0.05) is 18.0 Å². The zero-order valence-electron chi connectivity index (χ0n) is 23.2. The molecule has 1 saturated carbocycles. The lowest BCUT2D eigenvalue weighted by molar-refractivity contribution is -0.128. The van der Waals surface area contributed by atoms with E-state index in [1.54, 1.807) is 16.7 Å². The minimum absolute atomic E-state index is 0.00528. The van der Waals surface area contributed by atoms with Gasteiger partial charge in [-0.2, -0.15) is 5.26 Å². The Morgan fingerprint density at radius 3 is 2.50 bits per heavy atom. The van der Waals surface area contributed by atoms with Gasteiger partial charge in [0.05, 0.1) is 25.1 Å². The molecule has 1 saturated heterocycles. The van der Waals surface area contributed by atoms with Gasteiger partial charge in [-0.25, -0.2) is 9.48 Å². The van der Waals surface area contributed by atoms with Crippen molar-refractivity contribution in [2.75, 3.05) is 7.11 Å². The number of benzene rings is 2. The quantitative estimate of drug-likeness (QED) is 0.473. The molecule has 4 atom stereocenters. The van der Waals surface area contributed by atoms with Gasteiger partial charge in [0.15, 0.2) is 0 Å². The molecule has 2 heterocycles. The van der Waals surface area contributed by atoms with Crippen LogP contribution in [0.5, 0.6) is 5.75 Å². The van der Waals surface area contributed by atoms with Gasteiger partial charge in [-0.1, -0.05) is 17.3 Å². The molecule has 40 heavy (non-hydrogen) atoms. The predicted molar refractivity (Wildman–Crippen MR) is 148 cm³/mol. The Morgan fingerprint density at radius 2 is 1.85 bits per heavy atom. The van der Waals surface area contributed by atoms with E-state index in [9.17, 15) is 14.9 Å². The number of carbonyl (C=O) groups excluding carboxylic acids is 2. The molecule has 0 spiro atoms. The first-order chi connectivity index (χ1) is 19.1. The summed E-state index contributed by atoms with van der Waals surface area (Å²) >= 11 is 0. The summed E-state index contributed by atoms with van der Waals surface area (Å²) in [6.45, 7) is 5.44. The highest BCUT2D eigenvalue weighted by molar-refractivity contribution is 5.87. The van der Waals surface area contributed by atoms with Crippen molar-refractivity contribution in [3.8, 4) is 28.8 Å². The Balaban J connectivity index is 1.22. The van der Waals surface area contributed by atoms with Crippen molar-refractivity contribution in [1.29, 1.82) is 5.26 Å². The SMILES string of the molecule is COc1ccc(-c2cn(-c3ccc(CC(C#N)NC(=O)C4C5CCC(C5)N4C(=O)OC(C)(C)C)cc3)nn2)cc1. The molecule has 10 heteroatoms. The highest BCUT2D eigenvalue weighted by atomic mass is 16.6. The topological polar surface area (TPSA) is 122 Å². The number of hydrogen-bond donors (Lipinski definition) is 1. The lowest BCUT2D eigenvalue weighted by atomic mass is 9.97. The van der Waals surface area contributed by atoms with Gasteiger partial charge >= 0.3 is 6.09 Å². The van der Waals surface area contributed by atoms with Gasteiger partial charge in [-0.15, -0.1) is 5.10 Å². The average Bonchev–Trinajstić information content (AvgIpc) is 3.69. The number of nitriles is 1. The fourth-order valence-electron chi connectivity index (χ4n) is 5.59. The second-order valence-corrected chi connectivity index (χ2v) is 11.4. The lowest BCUT2D eigenvalue weighted by Crippen LogP contribution is -2.55. The van der Waals surface area contributed by atoms with Gasteiger partial charge in [-0.05, 0) is 87.9 Å². The fraction of sp³-hybridized carbons (Fsp3) is 0.433. The summed E-state index contributed by atoms with van der Waals surface area (Å²) in [4.78, 5) is 27.8. The first kappa shape index (κ1) is 27.2. The third kappa shape index (κ3) is 5.78. The zero-order valence-corrected chi connectivity index (χ0v) is 23.2. The third-order valence-corrected chi connectivity index (χ3v) is 7.45. The van der Waals surface area contributed by atoms with E-state index in [0.29, 0.717) is 6.42 Å². The molecule has 208 valence electrons. The van der Waals surface area contributed by atoms with Crippen LogP contribution in [0.15, 0.2) is 54.7 Å². The largest absolute Gasteiger partial charge is 0.497 e. The minimum atomic E-state index is -0.731. The molecule has 2 aromatic carbocycles. The molecule has 3 aromatic rings. The van der Waals surface area contributed by atoms with E-state index >= 15 is 0 Å². The molecule has 1 N–H and O–H groups in total. The molecular formula is C30H34N6O4. The molecule has 2 fully saturated rings. The number of nitrogens with one attached hydrogen (secondary N) is 1. The molecule has 4 unspecified atom stereocenters. The molecule has 1 aliphatic carbocycles. The van der Waals surface area contributed by atoms with Crippen molar-refractivity contribution in [3.05, 3.63) is 60.3 Å². The third-order valence-electron chi connectivity index (χ3n) is 7.45. The van der Waals surface area contributed by atoms with Gasteiger partial charge in [-0.3, -0.25) is 9.69 Å². The fourth-order valence-corrected chi connectivity index (χ4v) is 5.59. The molecule has 2 amide bonds. The summed E-state index contributed by atoms with van der Waals surface area (Å²) in [6.07, 6.45) is 4.27. The monoisotopic (exact) mass is 542 g/mol. The number of hydrogen-bond acceptors (Lipinski definition) is 7. The number of rotatable bonds is 7. The number of methoxy groups -OCH3 is 1. The Hall–Kier alpha value is -4.39. The number of fused-ring (bicyclic) bond motifs is 2. The molecule has 2 aliphatic rings. The van der Waals surface area contributed by atoms with E-state index in [0.717, 1.165) is 47.5 Å². The summed E-state index contributed by atoms with van der Waals surface area (Å²) < 4.78 is 12.5. The summed E-state index contributed by atoms with van der Waals surface area (Å²) in [7, 11) is 1.63. The van der Waals surface area contributed by atoms with Crippen LogP contribution in [0.2, 0.25) is 0 Å². The van der Waals surface area contributed by atoms with Crippen molar-refractivity contribution in [1.82, 2.24) is 25.2 Å². The minimum Gasteiger partial charge on any atom is -0.497 e. The molecule has 2 bridgehead atoms. The number of likely N-dealkylation sites (tertiary alicyclic amines) is 1. The molecule has 10 nitrogen and oxygen atoms in total. The Bertz CT molecular complexity index is 1400. The van der Waals surface area contributed by atoms with Crippen LogP contribution in [-0.4, -0.2) is 62.7 Å². The van der Waals surface area contributed by atoms with Crippen molar-refractivity contribution in [2.24, 2.45) is 5.92 Å². The lowest BCUT2D eigenvalue weighted by Gasteiger charge is -2.35. The van der Waals surface area contributed by atoms with E-state index in [4.69, 9.17) is 9.47 Å². The maximum absolute atomic E-state index is 13.3. The Labute approximate surface area is 233 Å².